The quantitative estimate of drug-likeness (QED) is 0.707. The van der Waals surface area contributed by atoms with Gasteiger partial charge in [-0.25, -0.2) is 0 Å². The van der Waals surface area contributed by atoms with E-state index in [4.69, 9.17) is 10.8 Å². The van der Waals surface area contributed by atoms with E-state index in [1.165, 1.54) is 0 Å². The van der Waals surface area contributed by atoms with Gasteiger partial charge in [0.05, 0.1) is 0 Å². The standard InChI is InChI=1S/C10H11NO2/c11-10(9(12)13)6-8(10)7-4-2-1-3-5-7/h1-5,8H,6,11H2,(H,12,13)/t8?,10-/m1/s1. The second-order valence-electron chi connectivity index (χ2n) is 3.51. The topological polar surface area (TPSA) is 63.3 Å². The predicted octanol–water partition coefficient (Wildman–Crippen LogP) is 0.956. The number of nitrogens with two attached hydrogens (primary N) is 1. The van der Waals surface area contributed by atoms with Gasteiger partial charge in [-0.1, -0.05) is 30.3 Å². The van der Waals surface area contributed by atoms with Crippen molar-refractivity contribution < 1.29 is 9.90 Å². The Morgan fingerprint density at radius 2 is 2.08 bits per heavy atom. The van der Waals surface area contributed by atoms with Crippen LogP contribution in [0.3, 0.4) is 0 Å². The Balaban J connectivity index is 2.21. The third-order valence-corrected chi connectivity index (χ3v) is 2.60. The normalized spacial score (nSPS) is 31.3. The Hall–Kier alpha value is -1.35. The summed E-state index contributed by atoms with van der Waals surface area (Å²) >= 11 is 0. The van der Waals surface area contributed by atoms with Gasteiger partial charge in [-0.3, -0.25) is 4.79 Å². The number of hydrogen-bond acceptors (Lipinski definition) is 2. The van der Waals surface area contributed by atoms with Crippen LogP contribution in [0.15, 0.2) is 30.3 Å². The second kappa shape index (κ2) is 2.57. The lowest BCUT2D eigenvalue weighted by Gasteiger charge is -2.04. The summed E-state index contributed by atoms with van der Waals surface area (Å²) in [5, 5.41) is 8.82. The third kappa shape index (κ3) is 1.21. The first-order valence-electron chi connectivity index (χ1n) is 4.22. The number of rotatable bonds is 2. The molecule has 1 aliphatic carbocycles. The van der Waals surface area contributed by atoms with E-state index in [9.17, 15) is 4.79 Å². The second-order valence-corrected chi connectivity index (χ2v) is 3.51. The lowest BCUT2D eigenvalue weighted by atomic mass is 10.1. The van der Waals surface area contributed by atoms with E-state index < -0.39 is 11.5 Å². The zero-order valence-electron chi connectivity index (χ0n) is 7.10. The van der Waals surface area contributed by atoms with Gasteiger partial charge in [-0.15, -0.1) is 0 Å². The molecule has 0 saturated heterocycles. The number of carboxylic acid groups (broad SMARTS) is 1. The fourth-order valence-corrected chi connectivity index (χ4v) is 1.62. The lowest BCUT2D eigenvalue weighted by Crippen LogP contribution is -2.34. The first-order valence-corrected chi connectivity index (χ1v) is 4.22. The van der Waals surface area contributed by atoms with Crippen molar-refractivity contribution in [3.63, 3.8) is 0 Å². The molecule has 68 valence electrons. The molecule has 3 heteroatoms. The van der Waals surface area contributed by atoms with E-state index in [-0.39, 0.29) is 5.92 Å². The molecule has 13 heavy (non-hydrogen) atoms. The van der Waals surface area contributed by atoms with Crippen LogP contribution in [0.5, 0.6) is 0 Å². The fraction of sp³-hybridized carbons (Fsp3) is 0.300. The summed E-state index contributed by atoms with van der Waals surface area (Å²) in [5.74, 6) is -0.910. The third-order valence-electron chi connectivity index (χ3n) is 2.60. The minimum atomic E-state index is -1.01. The molecule has 0 amide bonds. The Bertz CT molecular complexity index is 336. The molecule has 1 fully saturated rings. The van der Waals surface area contributed by atoms with E-state index in [0.29, 0.717) is 6.42 Å². The molecule has 0 aromatic heterocycles. The summed E-state index contributed by atoms with van der Waals surface area (Å²) in [4.78, 5) is 10.7. The lowest BCUT2D eigenvalue weighted by molar-refractivity contribution is -0.139. The van der Waals surface area contributed by atoms with Crippen molar-refractivity contribution in [1.82, 2.24) is 0 Å². The first kappa shape index (κ1) is 8.26. The van der Waals surface area contributed by atoms with Crippen LogP contribution in [0.25, 0.3) is 0 Å². The Morgan fingerprint density at radius 1 is 1.46 bits per heavy atom. The molecule has 1 aromatic rings. The molecule has 1 unspecified atom stereocenters. The average molecular weight is 177 g/mol. The smallest absolute Gasteiger partial charge is 0.324 e. The van der Waals surface area contributed by atoms with Crippen molar-refractivity contribution in [2.24, 2.45) is 5.73 Å². The van der Waals surface area contributed by atoms with Gasteiger partial charge >= 0.3 is 5.97 Å². The number of aliphatic carboxylic acids is 1. The summed E-state index contributed by atoms with van der Waals surface area (Å²) in [6, 6.07) is 9.54. The Kier molecular flexibility index (Phi) is 1.63. The molecule has 3 nitrogen and oxygen atoms in total. The highest BCUT2D eigenvalue weighted by atomic mass is 16.4. The van der Waals surface area contributed by atoms with Crippen molar-refractivity contribution in [2.75, 3.05) is 0 Å². The fourth-order valence-electron chi connectivity index (χ4n) is 1.62. The highest BCUT2D eigenvalue weighted by molar-refractivity contribution is 5.84. The number of carbonyl (C=O) groups is 1. The monoisotopic (exact) mass is 177 g/mol. The van der Waals surface area contributed by atoms with Gasteiger partial charge in [0, 0.05) is 5.92 Å². The highest BCUT2D eigenvalue weighted by Gasteiger charge is 2.58. The van der Waals surface area contributed by atoms with Crippen LogP contribution in [0.2, 0.25) is 0 Å². The largest absolute Gasteiger partial charge is 0.480 e. The van der Waals surface area contributed by atoms with Crippen molar-refractivity contribution >= 4 is 5.97 Å². The van der Waals surface area contributed by atoms with Gasteiger partial charge in [-0.2, -0.15) is 0 Å². The average Bonchev–Trinajstić information content (AvgIpc) is 2.81. The van der Waals surface area contributed by atoms with E-state index in [2.05, 4.69) is 0 Å². The van der Waals surface area contributed by atoms with Crippen LogP contribution in [0.1, 0.15) is 17.9 Å². The van der Waals surface area contributed by atoms with Gasteiger partial charge in [0.15, 0.2) is 0 Å². The maximum atomic E-state index is 10.7. The van der Waals surface area contributed by atoms with Crippen LogP contribution >= 0.6 is 0 Å². The molecule has 2 rings (SSSR count). The van der Waals surface area contributed by atoms with Gasteiger partial charge in [-0.05, 0) is 12.0 Å². The molecule has 1 aliphatic rings. The molecule has 3 N–H and O–H groups in total. The van der Waals surface area contributed by atoms with Crippen molar-refractivity contribution in [3.8, 4) is 0 Å². The van der Waals surface area contributed by atoms with E-state index in [0.717, 1.165) is 5.56 Å². The molecule has 0 aliphatic heterocycles. The Morgan fingerprint density at radius 3 is 2.54 bits per heavy atom. The van der Waals surface area contributed by atoms with Crippen LogP contribution in [0.4, 0.5) is 0 Å². The summed E-state index contributed by atoms with van der Waals surface area (Å²) in [5.41, 5.74) is 5.67. The molecule has 0 spiro atoms. The number of carboxylic acids is 1. The highest BCUT2D eigenvalue weighted by Crippen LogP contribution is 2.49. The SMILES string of the molecule is N[C@]1(C(=O)O)CC1c1ccccc1. The summed E-state index contributed by atoms with van der Waals surface area (Å²) in [6.45, 7) is 0. The maximum absolute atomic E-state index is 10.7. The molecular weight excluding hydrogens is 166 g/mol. The van der Waals surface area contributed by atoms with Crippen molar-refractivity contribution in [3.05, 3.63) is 35.9 Å². The first-order chi connectivity index (χ1) is 6.14. The van der Waals surface area contributed by atoms with Crippen molar-refractivity contribution in [1.29, 1.82) is 0 Å². The molecule has 1 aromatic carbocycles. The van der Waals surface area contributed by atoms with Gasteiger partial charge in [0.1, 0.15) is 5.54 Å². The zero-order chi connectivity index (χ0) is 9.47. The van der Waals surface area contributed by atoms with E-state index >= 15 is 0 Å². The molecule has 0 bridgehead atoms. The van der Waals surface area contributed by atoms with Crippen LogP contribution in [0, 0.1) is 0 Å². The molecule has 2 atom stereocenters. The zero-order valence-corrected chi connectivity index (χ0v) is 7.10. The molecule has 0 radical (unpaired) electrons. The predicted molar refractivity (Wildman–Crippen MR) is 48.4 cm³/mol. The summed E-state index contributed by atoms with van der Waals surface area (Å²) < 4.78 is 0. The number of hydrogen-bond donors (Lipinski definition) is 2. The summed E-state index contributed by atoms with van der Waals surface area (Å²) in [6.07, 6.45) is 0.548. The van der Waals surface area contributed by atoms with Crippen LogP contribution < -0.4 is 5.73 Å². The maximum Gasteiger partial charge on any atom is 0.324 e. The molecule has 1 saturated carbocycles. The van der Waals surface area contributed by atoms with Crippen LogP contribution in [-0.4, -0.2) is 16.6 Å². The van der Waals surface area contributed by atoms with Gasteiger partial charge in [0.25, 0.3) is 0 Å². The molecular formula is C10H11NO2. The van der Waals surface area contributed by atoms with E-state index in [1.54, 1.807) is 0 Å². The minimum Gasteiger partial charge on any atom is -0.480 e. The Labute approximate surface area is 76.2 Å². The molecule has 0 heterocycles. The van der Waals surface area contributed by atoms with Crippen LogP contribution in [-0.2, 0) is 4.79 Å². The summed E-state index contributed by atoms with van der Waals surface area (Å²) in [7, 11) is 0. The van der Waals surface area contributed by atoms with Gasteiger partial charge < -0.3 is 10.8 Å². The van der Waals surface area contributed by atoms with Gasteiger partial charge in [0.2, 0.25) is 0 Å². The van der Waals surface area contributed by atoms with Crippen molar-refractivity contribution in [2.45, 2.75) is 17.9 Å². The number of benzene rings is 1. The minimum absolute atomic E-state index is 0.00815. The van der Waals surface area contributed by atoms with E-state index in [1.807, 2.05) is 30.3 Å².